The van der Waals surface area contributed by atoms with Crippen molar-refractivity contribution in [2.75, 3.05) is 19.8 Å². The lowest BCUT2D eigenvalue weighted by molar-refractivity contribution is 0.0760. The summed E-state index contributed by atoms with van der Waals surface area (Å²) in [7, 11) is 0. The van der Waals surface area contributed by atoms with E-state index in [0.717, 1.165) is 18.7 Å². The van der Waals surface area contributed by atoms with Crippen LogP contribution < -0.4 is 14.8 Å². The van der Waals surface area contributed by atoms with E-state index in [-0.39, 0.29) is 11.2 Å². The van der Waals surface area contributed by atoms with Gasteiger partial charge in [0, 0.05) is 17.0 Å². The minimum atomic E-state index is 0.245. The first-order valence-corrected chi connectivity index (χ1v) is 8.68. The average molecular weight is 301 g/mol. The number of benzene rings is 1. The second-order valence-corrected chi connectivity index (χ2v) is 7.30. The molecule has 0 spiro atoms. The molecule has 4 nitrogen and oxygen atoms in total. The quantitative estimate of drug-likeness (QED) is 0.773. The summed E-state index contributed by atoms with van der Waals surface area (Å²) in [5.74, 6) is 2.36. The Labute approximate surface area is 130 Å². The lowest BCUT2D eigenvalue weighted by Gasteiger charge is -2.56. The third kappa shape index (κ3) is 1.56. The molecule has 3 atom stereocenters. The zero-order chi connectivity index (χ0) is 14.7. The summed E-state index contributed by atoms with van der Waals surface area (Å²) >= 11 is 0. The Bertz CT molecular complexity index is 625. The van der Waals surface area contributed by atoms with E-state index in [1.54, 1.807) is 0 Å². The number of phenolic OH excluding ortho intramolecular Hbond substituents is 1. The van der Waals surface area contributed by atoms with Crippen LogP contribution >= 0.6 is 0 Å². The second kappa shape index (κ2) is 4.54. The van der Waals surface area contributed by atoms with Gasteiger partial charge < -0.3 is 19.9 Å². The van der Waals surface area contributed by atoms with Crippen molar-refractivity contribution in [3.05, 3.63) is 17.2 Å². The molecule has 2 aliphatic carbocycles. The normalized spacial score (nSPS) is 35.5. The largest absolute Gasteiger partial charge is 0.504 e. The van der Waals surface area contributed by atoms with Crippen LogP contribution in [0.5, 0.6) is 17.2 Å². The number of rotatable bonds is 0. The van der Waals surface area contributed by atoms with Gasteiger partial charge in [-0.2, -0.15) is 0 Å². The van der Waals surface area contributed by atoms with Crippen molar-refractivity contribution < 1.29 is 14.6 Å². The van der Waals surface area contributed by atoms with E-state index in [1.165, 1.54) is 43.2 Å². The smallest absolute Gasteiger partial charge is 0.203 e. The molecule has 2 N–H and O–H groups in total. The first-order chi connectivity index (χ1) is 10.8. The number of ether oxygens (including phenoxy) is 2. The molecule has 2 heterocycles. The van der Waals surface area contributed by atoms with E-state index in [9.17, 15) is 5.11 Å². The molecule has 4 aliphatic rings. The molecule has 1 saturated carbocycles. The van der Waals surface area contributed by atoms with Gasteiger partial charge in [-0.3, -0.25) is 0 Å². The Morgan fingerprint density at radius 3 is 2.91 bits per heavy atom. The molecule has 1 aromatic carbocycles. The van der Waals surface area contributed by atoms with Gasteiger partial charge in [-0.25, -0.2) is 0 Å². The number of aromatic hydroxyl groups is 1. The number of nitrogens with one attached hydrogen (secondary N) is 1. The Kier molecular flexibility index (Phi) is 2.70. The molecule has 2 fully saturated rings. The van der Waals surface area contributed by atoms with Gasteiger partial charge in [0.25, 0.3) is 0 Å². The highest BCUT2D eigenvalue weighted by Gasteiger charge is 2.52. The summed E-state index contributed by atoms with van der Waals surface area (Å²) in [6.45, 7) is 2.20. The van der Waals surface area contributed by atoms with Gasteiger partial charge in [-0.05, 0) is 49.8 Å². The molecular weight excluding hydrogens is 278 g/mol. The fourth-order valence-corrected chi connectivity index (χ4v) is 5.58. The van der Waals surface area contributed by atoms with Crippen LogP contribution in [-0.2, 0) is 11.8 Å². The lowest BCUT2D eigenvalue weighted by Crippen LogP contribution is -2.59. The van der Waals surface area contributed by atoms with E-state index in [4.69, 9.17) is 9.47 Å². The molecule has 22 heavy (non-hydrogen) atoms. The molecule has 0 aromatic heterocycles. The Morgan fingerprint density at radius 1 is 1.14 bits per heavy atom. The fraction of sp³-hybridized carbons (Fsp3) is 0.667. The Balaban J connectivity index is 1.75. The van der Waals surface area contributed by atoms with Gasteiger partial charge in [0.05, 0.1) is 0 Å². The van der Waals surface area contributed by atoms with Crippen LogP contribution in [0.4, 0.5) is 0 Å². The van der Waals surface area contributed by atoms with Crippen LogP contribution in [0.15, 0.2) is 6.07 Å². The van der Waals surface area contributed by atoms with Crippen molar-refractivity contribution in [3.8, 4) is 17.2 Å². The molecule has 118 valence electrons. The summed E-state index contributed by atoms with van der Waals surface area (Å²) in [4.78, 5) is 0. The van der Waals surface area contributed by atoms with E-state index in [0.29, 0.717) is 30.9 Å². The van der Waals surface area contributed by atoms with Crippen molar-refractivity contribution in [1.82, 2.24) is 5.32 Å². The maximum Gasteiger partial charge on any atom is 0.203 e. The number of fused-ring (bicyclic) bond motifs is 3. The first-order valence-electron chi connectivity index (χ1n) is 8.68. The predicted octanol–water partition coefficient (Wildman–Crippen LogP) is 2.51. The van der Waals surface area contributed by atoms with Crippen molar-refractivity contribution in [3.63, 3.8) is 0 Å². The van der Waals surface area contributed by atoms with Crippen LogP contribution in [0.3, 0.4) is 0 Å². The standard InChI is InChI=1S/C18H23NO3/c20-15-10-13-11(16-17(15)22-8-7-21-16)9-14-12-3-1-2-4-18(12,13)5-6-19-14/h10,12,14,19-20H,1-9H2. The minimum Gasteiger partial charge on any atom is -0.504 e. The van der Waals surface area contributed by atoms with Crippen LogP contribution in [0.2, 0.25) is 0 Å². The number of hydrogen-bond donors (Lipinski definition) is 2. The van der Waals surface area contributed by atoms with Crippen LogP contribution in [-0.4, -0.2) is 30.9 Å². The van der Waals surface area contributed by atoms with Crippen LogP contribution in [0.25, 0.3) is 0 Å². The molecule has 2 bridgehead atoms. The van der Waals surface area contributed by atoms with E-state index < -0.39 is 0 Å². The van der Waals surface area contributed by atoms with Crippen molar-refractivity contribution in [2.24, 2.45) is 5.92 Å². The lowest BCUT2D eigenvalue weighted by atomic mass is 9.52. The molecule has 3 unspecified atom stereocenters. The molecule has 0 radical (unpaired) electrons. The van der Waals surface area contributed by atoms with Gasteiger partial charge >= 0.3 is 0 Å². The molecular formula is C18H23NO3. The van der Waals surface area contributed by atoms with Gasteiger partial charge in [-0.1, -0.05) is 12.8 Å². The summed E-state index contributed by atoms with van der Waals surface area (Å²) in [6.07, 6.45) is 7.40. The zero-order valence-electron chi connectivity index (χ0n) is 12.9. The summed E-state index contributed by atoms with van der Waals surface area (Å²) in [5.41, 5.74) is 2.90. The highest BCUT2D eigenvalue weighted by atomic mass is 16.6. The topological polar surface area (TPSA) is 50.7 Å². The third-order valence-corrected chi connectivity index (χ3v) is 6.42. The summed E-state index contributed by atoms with van der Waals surface area (Å²) in [5, 5.41) is 14.2. The van der Waals surface area contributed by atoms with Gasteiger partial charge in [0.1, 0.15) is 13.2 Å². The van der Waals surface area contributed by atoms with Gasteiger partial charge in [0.2, 0.25) is 5.75 Å². The molecule has 5 rings (SSSR count). The summed E-state index contributed by atoms with van der Waals surface area (Å²) < 4.78 is 11.6. The van der Waals surface area contributed by atoms with Crippen molar-refractivity contribution in [1.29, 1.82) is 0 Å². The fourth-order valence-electron chi connectivity index (χ4n) is 5.58. The van der Waals surface area contributed by atoms with Crippen molar-refractivity contribution >= 4 is 0 Å². The zero-order valence-corrected chi connectivity index (χ0v) is 12.9. The van der Waals surface area contributed by atoms with Gasteiger partial charge in [0.15, 0.2) is 11.5 Å². The number of piperidine rings is 1. The van der Waals surface area contributed by atoms with Crippen LogP contribution in [0, 0.1) is 5.92 Å². The van der Waals surface area contributed by atoms with E-state index in [2.05, 4.69) is 5.32 Å². The second-order valence-electron chi connectivity index (χ2n) is 7.30. The molecule has 0 amide bonds. The highest BCUT2D eigenvalue weighted by Crippen LogP contribution is 2.58. The van der Waals surface area contributed by atoms with Crippen LogP contribution in [0.1, 0.15) is 43.2 Å². The molecule has 1 aromatic rings. The maximum atomic E-state index is 10.5. The number of phenols is 1. The Morgan fingerprint density at radius 2 is 2.00 bits per heavy atom. The predicted molar refractivity (Wildman–Crippen MR) is 82.8 cm³/mol. The minimum absolute atomic E-state index is 0.245. The van der Waals surface area contributed by atoms with Crippen molar-refractivity contribution in [2.45, 2.75) is 50.0 Å². The average Bonchev–Trinajstić information content (AvgIpc) is 2.56. The van der Waals surface area contributed by atoms with Gasteiger partial charge in [-0.15, -0.1) is 0 Å². The highest BCUT2D eigenvalue weighted by molar-refractivity contribution is 5.62. The third-order valence-electron chi connectivity index (χ3n) is 6.42. The Hall–Kier alpha value is -1.42. The molecule has 4 heteroatoms. The maximum absolute atomic E-state index is 10.5. The first kappa shape index (κ1) is 13.1. The monoisotopic (exact) mass is 301 g/mol. The summed E-state index contributed by atoms with van der Waals surface area (Å²) in [6, 6.07) is 2.56. The number of hydrogen-bond acceptors (Lipinski definition) is 4. The molecule has 2 aliphatic heterocycles. The van der Waals surface area contributed by atoms with E-state index in [1.807, 2.05) is 6.07 Å². The SMILES string of the molecule is Oc1cc2c(c3c1OCCO3)CC1NCCC23CCCCC13. The molecule has 1 saturated heterocycles. The van der Waals surface area contributed by atoms with E-state index >= 15 is 0 Å².